The minimum atomic E-state index is -3.74. The van der Waals surface area contributed by atoms with Gasteiger partial charge in [-0.2, -0.15) is 0 Å². The molecule has 0 unspecified atom stereocenters. The smallest absolute Gasteiger partial charge is 0.241 e. The van der Waals surface area contributed by atoms with Crippen LogP contribution < -0.4 is 23.7 Å². The van der Waals surface area contributed by atoms with E-state index in [4.69, 9.17) is 18.9 Å². The molecular formula is C20H23NO6S. The van der Waals surface area contributed by atoms with Crippen molar-refractivity contribution in [3.63, 3.8) is 0 Å². The highest BCUT2D eigenvalue weighted by molar-refractivity contribution is 7.89. The molecule has 0 saturated heterocycles. The summed E-state index contributed by atoms with van der Waals surface area (Å²) in [6.07, 6.45) is 1.58. The van der Waals surface area contributed by atoms with Crippen molar-refractivity contribution in [3.05, 3.63) is 42.0 Å². The van der Waals surface area contributed by atoms with Crippen LogP contribution >= 0.6 is 0 Å². The van der Waals surface area contributed by atoms with Gasteiger partial charge in [-0.1, -0.05) is 6.07 Å². The van der Waals surface area contributed by atoms with Crippen LogP contribution in [-0.4, -0.2) is 34.8 Å². The zero-order valence-corrected chi connectivity index (χ0v) is 16.5. The van der Waals surface area contributed by atoms with Gasteiger partial charge >= 0.3 is 0 Å². The second-order valence-corrected chi connectivity index (χ2v) is 8.47. The standard InChI is InChI=1S/C20H23NO6S/c1-14(15-4-6-17-19(12-15)26-10-2-8-24-17)21-28(22,23)16-5-7-18-20(13-16)27-11-3-9-25-18/h4-7,12-14,21H,2-3,8-11H2,1H3/t14-/m0/s1. The largest absolute Gasteiger partial charge is 0.490 e. The minimum absolute atomic E-state index is 0.137. The summed E-state index contributed by atoms with van der Waals surface area (Å²) in [5, 5.41) is 0. The summed E-state index contributed by atoms with van der Waals surface area (Å²) in [5.41, 5.74) is 0.794. The van der Waals surface area contributed by atoms with Gasteiger partial charge in [0.25, 0.3) is 0 Å². The molecule has 0 saturated carbocycles. The molecule has 4 rings (SSSR count). The Hall–Kier alpha value is -2.45. The highest BCUT2D eigenvalue weighted by Crippen LogP contribution is 2.34. The van der Waals surface area contributed by atoms with Crippen molar-refractivity contribution in [2.75, 3.05) is 26.4 Å². The first-order valence-corrected chi connectivity index (χ1v) is 10.8. The molecule has 0 fully saturated rings. The van der Waals surface area contributed by atoms with Gasteiger partial charge in [-0.15, -0.1) is 0 Å². The van der Waals surface area contributed by atoms with Crippen molar-refractivity contribution < 1.29 is 27.4 Å². The zero-order chi connectivity index (χ0) is 19.6. The average Bonchev–Trinajstić information content (AvgIpc) is 3.06. The van der Waals surface area contributed by atoms with E-state index in [9.17, 15) is 8.42 Å². The third-order valence-corrected chi connectivity index (χ3v) is 6.17. The van der Waals surface area contributed by atoms with Crippen LogP contribution in [0.4, 0.5) is 0 Å². The first kappa shape index (κ1) is 18.9. The van der Waals surface area contributed by atoms with Crippen LogP contribution in [0, 0.1) is 0 Å². The van der Waals surface area contributed by atoms with Gasteiger partial charge < -0.3 is 18.9 Å². The second kappa shape index (κ2) is 7.89. The van der Waals surface area contributed by atoms with Crippen LogP contribution in [0.3, 0.4) is 0 Å². The first-order valence-electron chi connectivity index (χ1n) is 9.34. The number of fused-ring (bicyclic) bond motifs is 2. The zero-order valence-electron chi connectivity index (χ0n) is 15.6. The molecule has 0 aromatic heterocycles. The fourth-order valence-corrected chi connectivity index (χ4v) is 4.38. The molecule has 1 atom stereocenters. The minimum Gasteiger partial charge on any atom is -0.490 e. The Morgan fingerprint density at radius 1 is 0.786 bits per heavy atom. The molecule has 0 spiro atoms. The Balaban J connectivity index is 1.54. The van der Waals surface area contributed by atoms with Crippen LogP contribution in [-0.2, 0) is 10.0 Å². The molecule has 0 bridgehead atoms. The molecule has 28 heavy (non-hydrogen) atoms. The number of rotatable bonds is 4. The molecule has 2 aromatic carbocycles. The molecule has 0 amide bonds. The molecular weight excluding hydrogens is 382 g/mol. The van der Waals surface area contributed by atoms with Crippen molar-refractivity contribution >= 4 is 10.0 Å². The first-order chi connectivity index (χ1) is 13.5. The number of sulfonamides is 1. The van der Waals surface area contributed by atoms with Gasteiger partial charge in [0, 0.05) is 24.9 Å². The van der Waals surface area contributed by atoms with Crippen LogP contribution in [0.2, 0.25) is 0 Å². The summed E-state index contributed by atoms with van der Waals surface area (Å²) in [6, 6.07) is 9.69. The Morgan fingerprint density at radius 3 is 1.96 bits per heavy atom. The van der Waals surface area contributed by atoms with Gasteiger partial charge in [-0.05, 0) is 36.8 Å². The average molecular weight is 405 g/mol. The Morgan fingerprint density at radius 2 is 1.32 bits per heavy atom. The third kappa shape index (κ3) is 4.02. The second-order valence-electron chi connectivity index (χ2n) is 6.76. The summed E-state index contributed by atoms with van der Waals surface area (Å²) >= 11 is 0. The molecule has 0 radical (unpaired) electrons. The summed E-state index contributed by atoms with van der Waals surface area (Å²) in [7, 11) is -3.74. The molecule has 7 nitrogen and oxygen atoms in total. The van der Waals surface area contributed by atoms with Crippen LogP contribution in [0.15, 0.2) is 41.3 Å². The van der Waals surface area contributed by atoms with E-state index in [2.05, 4.69) is 4.72 Å². The monoisotopic (exact) mass is 405 g/mol. The van der Waals surface area contributed by atoms with Gasteiger partial charge in [0.15, 0.2) is 23.0 Å². The molecule has 2 aliphatic rings. The summed E-state index contributed by atoms with van der Waals surface area (Å²) in [6.45, 7) is 4.03. The third-order valence-electron chi connectivity index (χ3n) is 4.63. The lowest BCUT2D eigenvalue weighted by atomic mass is 10.1. The molecule has 150 valence electrons. The van der Waals surface area contributed by atoms with E-state index < -0.39 is 16.1 Å². The number of ether oxygens (including phenoxy) is 4. The normalized spacial score (nSPS) is 17.3. The number of nitrogens with one attached hydrogen (secondary N) is 1. The van der Waals surface area contributed by atoms with Gasteiger partial charge in [0.05, 0.1) is 31.3 Å². The maximum atomic E-state index is 12.9. The van der Waals surface area contributed by atoms with Crippen LogP contribution in [0.1, 0.15) is 31.4 Å². The lowest BCUT2D eigenvalue weighted by molar-refractivity contribution is 0.296. The van der Waals surface area contributed by atoms with Crippen LogP contribution in [0.25, 0.3) is 0 Å². The van der Waals surface area contributed by atoms with Gasteiger partial charge in [-0.25, -0.2) is 13.1 Å². The highest BCUT2D eigenvalue weighted by Gasteiger charge is 2.22. The topological polar surface area (TPSA) is 83.1 Å². The summed E-state index contributed by atoms with van der Waals surface area (Å²) < 4.78 is 50.9. The van der Waals surface area contributed by atoms with Crippen molar-refractivity contribution in [1.29, 1.82) is 0 Å². The van der Waals surface area contributed by atoms with Crippen molar-refractivity contribution in [1.82, 2.24) is 4.72 Å². The van der Waals surface area contributed by atoms with E-state index in [1.54, 1.807) is 13.0 Å². The van der Waals surface area contributed by atoms with E-state index in [-0.39, 0.29) is 4.90 Å². The summed E-state index contributed by atoms with van der Waals surface area (Å²) in [4.78, 5) is 0.137. The van der Waals surface area contributed by atoms with E-state index in [0.717, 1.165) is 18.4 Å². The van der Waals surface area contributed by atoms with Gasteiger partial charge in [0.1, 0.15) is 0 Å². The van der Waals surface area contributed by atoms with Crippen molar-refractivity contribution in [2.45, 2.75) is 30.7 Å². The molecule has 8 heteroatoms. The quantitative estimate of drug-likeness (QED) is 0.842. The number of hydrogen-bond acceptors (Lipinski definition) is 6. The number of hydrogen-bond donors (Lipinski definition) is 1. The van der Waals surface area contributed by atoms with Crippen LogP contribution in [0.5, 0.6) is 23.0 Å². The van der Waals surface area contributed by atoms with E-state index >= 15 is 0 Å². The van der Waals surface area contributed by atoms with Crippen molar-refractivity contribution in [3.8, 4) is 23.0 Å². The predicted octanol–water partition coefficient (Wildman–Crippen LogP) is 3.05. The molecule has 2 aromatic rings. The number of benzene rings is 2. The Kier molecular flexibility index (Phi) is 5.32. The lowest BCUT2D eigenvalue weighted by Crippen LogP contribution is -2.27. The predicted molar refractivity (Wildman–Crippen MR) is 103 cm³/mol. The van der Waals surface area contributed by atoms with E-state index in [0.29, 0.717) is 49.4 Å². The Labute approximate surface area is 164 Å². The van der Waals surface area contributed by atoms with E-state index in [1.807, 2.05) is 18.2 Å². The fraction of sp³-hybridized carbons (Fsp3) is 0.400. The maximum absolute atomic E-state index is 12.9. The molecule has 2 heterocycles. The molecule has 2 aliphatic heterocycles. The highest BCUT2D eigenvalue weighted by atomic mass is 32.2. The van der Waals surface area contributed by atoms with Gasteiger partial charge in [0.2, 0.25) is 10.0 Å². The maximum Gasteiger partial charge on any atom is 0.241 e. The Bertz CT molecular complexity index is 959. The molecule has 0 aliphatic carbocycles. The summed E-state index contributed by atoms with van der Waals surface area (Å²) in [5.74, 6) is 2.33. The lowest BCUT2D eigenvalue weighted by Gasteiger charge is -2.17. The van der Waals surface area contributed by atoms with E-state index in [1.165, 1.54) is 12.1 Å². The van der Waals surface area contributed by atoms with Crippen molar-refractivity contribution in [2.24, 2.45) is 0 Å². The molecule has 1 N–H and O–H groups in total. The fourth-order valence-electron chi connectivity index (χ4n) is 3.13. The van der Waals surface area contributed by atoms with Gasteiger partial charge in [-0.3, -0.25) is 0 Å². The SMILES string of the molecule is C[C@H](NS(=O)(=O)c1ccc2c(c1)OCCCO2)c1ccc2c(c1)OCCCO2.